The van der Waals surface area contributed by atoms with Crippen LogP contribution in [-0.2, 0) is 9.84 Å². The van der Waals surface area contributed by atoms with Crippen LogP contribution in [0.4, 0.5) is 5.69 Å². The van der Waals surface area contributed by atoms with E-state index in [1.165, 1.54) is 30.3 Å². The van der Waals surface area contributed by atoms with E-state index in [-0.39, 0.29) is 16.2 Å². The highest BCUT2D eigenvalue weighted by Crippen LogP contribution is 2.20. The largest absolute Gasteiger partial charge is 0.507 e. The Labute approximate surface area is 123 Å². The number of hydrogen-bond acceptors (Lipinski definition) is 4. The van der Waals surface area contributed by atoms with E-state index in [1.54, 1.807) is 12.1 Å². The van der Waals surface area contributed by atoms with Gasteiger partial charge in [0.25, 0.3) is 5.91 Å². The van der Waals surface area contributed by atoms with Crippen LogP contribution in [0, 0.1) is 6.92 Å². The van der Waals surface area contributed by atoms with Gasteiger partial charge in [-0.25, -0.2) is 8.42 Å². The number of sulfone groups is 1. The fourth-order valence-corrected chi connectivity index (χ4v) is 2.45. The molecule has 0 radical (unpaired) electrons. The first-order valence-electron chi connectivity index (χ1n) is 6.18. The molecule has 0 aromatic heterocycles. The molecule has 0 unspecified atom stereocenters. The normalized spacial score (nSPS) is 11.1. The Kier molecular flexibility index (Phi) is 3.99. The summed E-state index contributed by atoms with van der Waals surface area (Å²) in [4.78, 5) is 12.3. The van der Waals surface area contributed by atoms with Crippen LogP contribution in [0.3, 0.4) is 0 Å². The van der Waals surface area contributed by atoms with Gasteiger partial charge in [0, 0.05) is 11.9 Å². The Morgan fingerprint density at radius 2 is 1.71 bits per heavy atom. The average molecular weight is 305 g/mol. The van der Waals surface area contributed by atoms with Gasteiger partial charge in [0.05, 0.1) is 10.5 Å². The molecule has 1 amide bonds. The number of benzene rings is 2. The molecule has 0 saturated carbocycles. The summed E-state index contributed by atoms with van der Waals surface area (Å²) in [5, 5.41) is 12.3. The number of aromatic hydroxyl groups is 1. The number of hydrogen-bond donors (Lipinski definition) is 2. The Morgan fingerprint density at radius 3 is 2.29 bits per heavy atom. The van der Waals surface area contributed by atoms with Crippen LogP contribution in [0.5, 0.6) is 5.75 Å². The maximum Gasteiger partial charge on any atom is 0.259 e. The fourth-order valence-electron chi connectivity index (χ4n) is 1.82. The molecule has 2 N–H and O–H groups in total. The topological polar surface area (TPSA) is 83.5 Å². The molecule has 0 aliphatic carbocycles. The molecule has 110 valence electrons. The zero-order valence-corrected chi connectivity index (χ0v) is 12.4. The molecule has 0 saturated heterocycles. The summed E-state index contributed by atoms with van der Waals surface area (Å²) < 4.78 is 22.7. The van der Waals surface area contributed by atoms with Crippen molar-refractivity contribution in [3.05, 3.63) is 53.6 Å². The van der Waals surface area contributed by atoms with Crippen LogP contribution < -0.4 is 5.32 Å². The van der Waals surface area contributed by atoms with Crippen molar-refractivity contribution in [2.24, 2.45) is 0 Å². The number of phenolic OH excluding ortho intramolecular Hbond substituents is 1. The lowest BCUT2D eigenvalue weighted by Gasteiger charge is -2.08. The minimum absolute atomic E-state index is 0.106. The van der Waals surface area contributed by atoms with Crippen molar-refractivity contribution in [1.29, 1.82) is 0 Å². The molecule has 0 fully saturated rings. The maximum atomic E-state index is 12.1. The number of nitrogens with one attached hydrogen (secondary N) is 1. The molecule has 2 aromatic rings. The number of anilines is 1. The first kappa shape index (κ1) is 15.1. The van der Waals surface area contributed by atoms with Gasteiger partial charge in [-0.2, -0.15) is 0 Å². The first-order chi connectivity index (χ1) is 9.77. The van der Waals surface area contributed by atoms with E-state index in [0.717, 1.165) is 11.8 Å². The quantitative estimate of drug-likeness (QED) is 0.912. The monoisotopic (exact) mass is 305 g/mol. The Balaban J connectivity index is 2.22. The molecular weight excluding hydrogens is 290 g/mol. The summed E-state index contributed by atoms with van der Waals surface area (Å²) >= 11 is 0. The predicted octanol–water partition coefficient (Wildman–Crippen LogP) is 2.36. The van der Waals surface area contributed by atoms with Crippen LogP contribution in [0.2, 0.25) is 0 Å². The van der Waals surface area contributed by atoms with Gasteiger partial charge in [0.15, 0.2) is 9.84 Å². The van der Waals surface area contributed by atoms with Crippen molar-refractivity contribution in [3.8, 4) is 5.75 Å². The van der Waals surface area contributed by atoms with Crippen LogP contribution in [0.1, 0.15) is 15.9 Å². The highest BCUT2D eigenvalue weighted by atomic mass is 32.2. The summed E-state index contributed by atoms with van der Waals surface area (Å²) in [6.45, 7) is 1.82. The number of phenols is 1. The second-order valence-corrected chi connectivity index (χ2v) is 6.79. The average Bonchev–Trinajstić information content (AvgIpc) is 2.41. The summed E-state index contributed by atoms with van der Waals surface area (Å²) in [6.07, 6.45) is 1.12. The maximum absolute atomic E-state index is 12.1. The van der Waals surface area contributed by atoms with E-state index in [0.29, 0.717) is 5.69 Å². The number of rotatable bonds is 3. The molecule has 2 rings (SSSR count). The van der Waals surface area contributed by atoms with Crippen molar-refractivity contribution in [1.82, 2.24) is 0 Å². The van der Waals surface area contributed by atoms with E-state index >= 15 is 0 Å². The van der Waals surface area contributed by atoms with Gasteiger partial charge in [0.2, 0.25) is 0 Å². The smallest absolute Gasteiger partial charge is 0.259 e. The molecule has 2 aromatic carbocycles. The van der Waals surface area contributed by atoms with Gasteiger partial charge in [-0.3, -0.25) is 4.79 Å². The third kappa shape index (κ3) is 3.61. The number of aryl methyl sites for hydroxylation is 1. The zero-order valence-electron chi connectivity index (χ0n) is 11.6. The van der Waals surface area contributed by atoms with Gasteiger partial charge < -0.3 is 10.4 Å². The number of amides is 1. The minimum Gasteiger partial charge on any atom is -0.507 e. The van der Waals surface area contributed by atoms with Crippen molar-refractivity contribution in [3.63, 3.8) is 0 Å². The van der Waals surface area contributed by atoms with Gasteiger partial charge in [-0.1, -0.05) is 11.6 Å². The van der Waals surface area contributed by atoms with E-state index in [9.17, 15) is 18.3 Å². The van der Waals surface area contributed by atoms with Crippen molar-refractivity contribution >= 4 is 21.4 Å². The van der Waals surface area contributed by atoms with Gasteiger partial charge >= 0.3 is 0 Å². The number of carbonyl (C=O) groups excluding carboxylic acids is 1. The highest BCUT2D eigenvalue weighted by Gasteiger charge is 2.12. The zero-order chi connectivity index (χ0) is 15.6. The molecule has 21 heavy (non-hydrogen) atoms. The molecule has 0 aliphatic heterocycles. The van der Waals surface area contributed by atoms with Crippen LogP contribution in [-0.4, -0.2) is 25.7 Å². The van der Waals surface area contributed by atoms with Crippen molar-refractivity contribution in [2.75, 3.05) is 11.6 Å². The summed E-state index contributed by atoms with van der Waals surface area (Å²) in [7, 11) is -3.27. The third-order valence-electron chi connectivity index (χ3n) is 2.94. The summed E-state index contributed by atoms with van der Waals surface area (Å²) in [5.41, 5.74) is 1.47. The van der Waals surface area contributed by atoms with Gasteiger partial charge in [-0.15, -0.1) is 0 Å². The van der Waals surface area contributed by atoms with Crippen LogP contribution in [0.15, 0.2) is 47.4 Å². The van der Waals surface area contributed by atoms with Gasteiger partial charge in [-0.05, 0) is 43.3 Å². The molecule has 0 spiro atoms. The molecule has 0 heterocycles. The molecule has 0 aliphatic rings. The van der Waals surface area contributed by atoms with Gasteiger partial charge in [0.1, 0.15) is 5.75 Å². The molecule has 6 heteroatoms. The minimum atomic E-state index is -3.27. The van der Waals surface area contributed by atoms with E-state index in [1.807, 2.05) is 6.92 Å². The molecule has 5 nitrogen and oxygen atoms in total. The summed E-state index contributed by atoms with van der Waals surface area (Å²) in [6, 6.07) is 10.6. The third-order valence-corrected chi connectivity index (χ3v) is 4.07. The predicted molar refractivity (Wildman–Crippen MR) is 80.3 cm³/mol. The van der Waals surface area contributed by atoms with E-state index in [4.69, 9.17) is 0 Å². The standard InChI is InChI=1S/C15H15NO4S/c1-10-3-8-14(17)13(9-10)15(18)16-11-4-6-12(7-5-11)21(2,19)20/h3-9,17H,1-2H3,(H,16,18). The molecular formula is C15H15NO4S. The number of carbonyl (C=O) groups is 1. The van der Waals surface area contributed by atoms with E-state index < -0.39 is 15.7 Å². The summed E-state index contributed by atoms with van der Waals surface area (Å²) in [5.74, 6) is -0.561. The SMILES string of the molecule is Cc1ccc(O)c(C(=O)Nc2ccc(S(C)(=O)=O)cc2)c1. The second-order valence-electron chi connectivity index (χ2n) is 4.77. The lowest BCUT2D eigenvalue weighted by atomic mass is 10.1. The highest BCUT2D eigenvalue weighted by molar-refractivity contribution is 7.90. The lowest BCUT2D eigenvalue weighted by Crippen LogP contribution is -2.12. The van der Waals surface area contributed by atoms with E-state index in [2.05, 4.69) is 5.32 Å². The Bertz CT molecular complexity index is 780. The lowest BCUT2D eigenvalue weighted by molar-refractivity contribution is 0.102. The van der Waals surface area contributed by atoms with Crippen LogP contribution in [0.25, 0.3) is 0 Å². The molecule has 0 atom stereocenters. The van der Waals surface area contributed by atoms with Crippen molar-refractivity contribution in [2.45, 2.75) is 11.8 Å². The van der Waals surface area contributed by atoms with Crippen LogP contribution >= 0.6 is 0 Å². The Hall–Kier alpha value is -2.34. The fraction of sp³-hybridized carbons (Fsp3) is 0.133. The Morgan fingerprint density at radius 1 is 1.10 bits per heavy atom. The van der Waals surface area contributed by atoms with Crippen molar-refractivity contribution < 1.29 is 18.3 Å². The second kappa shape index (κ2) is 5.57. The first-order valence-corrected chi connectivity index (χ1v) is 8.07. The molecule has 0 bridgehead atoms.